The number of nitrogens with zero attached hydrogens (tertiary/aromatic N) is 1. The Morgan fingerprint density at radius 2 is 1.76 bits per heavy atom. The van der Waals surface area contributed by atoms with E-state index in [1.54, 1.807) is 0 Å². The molecule has 0 radical (unpaired) electrons. The first-order valence-electron chi connectivity index (χ1n) is 10.7. The smallest absolute Gasteiger partial charge is 0.187 e. The van der Waals surface area contributed by atoms with E-state index in [1.165, 1.54) is 57.0 Å². The van der Waals surface area contributed by atoms with E-state index in [9.17, 15) is 9.90 Å². The fourth-order valence-corrected chi connectivity index (χ4v) is 3.84. The van der Waals surface area contributed by atoms with E-state index in [-0.39, 0.29) is 23.0 Å². The van der Waals surface area contributed by atoms with Gasteiger partial charge in [0, 0.05) is 18.7 Å². The van der Waals surface area contributed by atoms with Crippen molar-refractivity contribution in [3.63, 3.8) is 0 Å². The van der Waals surface area contributed by atoms with Crippen molar-refractivity contribution in [3.05, 3.63) is 47.8 Å². The number of Topliss-reactive ketones (excluding diaryl/α,β-unsaturated/α-hetero) is 1. The van der Waals surface area contributed by atoms with E-state index in [0.717, 1.165) is 25.0 Å². The molecule has 156 valence electrons. The van der Waals surface area contributed by atoms with Gasteiger partial charge in [-0.15, -0.1) is 0 Å². The largest absolute Gasteiger partial charge is 0.503 e. The van der Waals surface area contributed by atoms with Crippen molar-refractivity contribution in [1.82, 2.24) is 4.98 Å². The fourth-order valence-electron chi connectivity index (χ4n) is 3.84. The molecule has 0 unspecified atom stereocenters. The van der Waals surface area contributed by atoms with Crippen molar-refractivity contribution in [2.24, 2.45) is 0 Å². The van der Waals surface area contributed by atoms with Crippen molar-refractivity contribution in [1.29, 1.82) is 0 Å². The second-order valence-electron chi connectivity index (χ2n) is 7.72. The predicted octanol–water partition coefficient (Wildman–Crippen LogP) is 5.49. The Labute approximate surface area is 173 Å². The standard InChI is InChI=1S/C24H31NO4/c1-28-22-16-17-25-23(24(22)27)21(26)11-7-8-18-12-14-20(15-13-18)29-19-9-5-3-2-4-6-10-19/h12-17,19,27H,2-11H2,1H3. The Morgan fingerprint density at radius 1 is 1.07 bits per heavy atom. The number of carbonyl (C=O) groups is 1. The molecule has 1 fully saturated rings. The first-order valence-corrected chi connectivity index (χ1v) is 10.7. The monoisotopic (exact) mass is 397 g/mol. The number of benzene rings is 1. The zero-order valence-electron chi connectivity index (χ0n) is 17.2. The third kappa shape index (κ3) is 6.21. The average Bonchev–Trinajstić information content (AvgIpc) is 2.71. The van der Waals surface area contributed by atoms with Crippen LogP contribution in [0.5, 0.6) is 17.2 Å². The lowest BCUT2D eigenvalue weighted by atomic mass is 9.98. The van der Waals surface area contributed by atoms with Crippen molar-refractivity contribution >= 4 is 5.78 Å². The van der Waals surface area contributed by atoms with E-state index in [2.05, 4.69) is 17.1 Å². The highest BCUT2D eigenvalue weighted by molar-refractivity contribution is 5.97. The number of carbonyl (C=O) groups excluding carboxylic acids is 1. The summed E-state index contributed by atoms with van der Waals surface area (Å²) in [5, 5.41) is 10.1. The van der Waals surface area contributed by atoms with Crippen LogP contribution in [-0.2, 0) is 6.42 Å². The number of aromatic nitrogens is 1. The number of hydrogen-bond acceptors (Lipinski definition) is 5. The van der Waals surface area contributed by atoms with Crippen LogP contribution in [0.3, 0.4) is 0 Å². The van der Waals surface area contributed by atoms with E-state index in [0.29, 0.717) is 18.9 Å². The summed E-state index contributed by atoms with van der Waals surface area (Å²) >= 11 is 0. The number of ether oxygens (including phenoxy) is 2. The third-order valence-corrected chi connectivity index (χ3v) is 5.52. The van der Waals surface area contributed by atoms with Crippen LogP contribution in [-0.4, -0.2) is 29.1 Å². The maximum absolute atomic E-state index is 12.4. The molecule has 0 saturated heterocycles. The van der Waals surface area contributed by atoms with Crippen molar-refractivity contribution in [2.75, 3.05) is 7.11 Å². The van der Waals surface area contributed by atoms with Gasteiger partial charge >= 0.3 is 0 Å². The quantitative estimate of drug-likeness (QED) is 0.596. The minimum atomic E-state index is -0.185. The van der Waals surface area contributed by atoms with Gasteiger partial charge in [-0.1, -0.05) is 31.4 Å². The molecule has 1 saturated carbocycles. The van der Waals surface area contributed by atoms with Crippen LogP contribution in [0.25, 0.3) is 0 Å². The minimum Gasteiger partial charge on any atom is -0.503 e. The molecule has 1 heterocycles. The van der Waals surface area contributed by atoms with Crippen molar-refractivity contribution < 1.29 is 19.4 Å². The molecule has 0 bridgehead atoms. The molecule has 2 aromatic rings. The molecular weight excluding hydrogens is 366 g/mol. The van der Waals surface area contributed by atoms with E-state index in [1.807, 2.05) is 12.1 Å². The highest BCUT2D eigenvalue weighted by Gasteiger charge is 2.16. The summed E-state index contributed by atoms with van der Waals surface area (Å²) in [6.45, 7) is 0. The van der Waals surface area contributed by atoms with Gasteiger partial charge < -0.3 is 14.6 Å². The summed E-state index contributed by atoms with van der Waals surface area (Å²) in [6, 6.07) is 9.75. The third-order valence-electron chi connectivity index (χ3n) is 5.52. The van der Waals surface area contributed by atoms with E-state index in [4.69, 9.17) is 9.47 Å². The maximum Gasteiger partial charge on any atom is 0.187 e. The number of ketones is 1. The molecule has 3 rings (SSSR count). The van der Waals surface area contributed by atoms with Crippen LogP contribution in [0.2, 0.25) is 0 Å². The molecule has 5 heteroatoms. The molecule has 1 aliphatic rings. The average molecular weight is 398 g/mol. The highest BCUT2D eigenvalue weighted by atomic mass is 16.5. The molecule has 0 atom stereocenters. The minimum absolute atomic E-state index is 0.0762. The number of methoxy groups -OCH3 is 1. The lowest BCUT2D eigenvalue weighted by molar-refractivity contribution is 0.0971. The molecule has 1 aromatic heterocycles. The second-order valence-corrected chi connectivity index (χ2v) is 7.72. The molecular formula is C24H31NO4. The lowest BCUT2D eigenvalue weighted by Crippen LogP contribution is -2.17. The number of aryl methyl sites for hydroxylation is 1. The summed E-state index contributed by atoms with van der Waals surface area (Å²) in [6.07, 6.45) is 12.4. The number of hydrogen-bond donors (Lipinski definition) is 1. The number of rotatable bonds is 8. The highest BCUT2D eigenvalue weighted by Crippen LogP contribution is 2.29. The topological polar surface area (TPSA) is 68.7 Å². The van der Waals surface area contributed by atoms with Gasteiger partial charge in [-0.2, -0.15) is 0 Å². The van der Waals surface area contributed by atoms with Gasteiger partial charge in [0.15, 0.2) is 23.0 Å². The molecule has 0 spiro atoms. The van der Waals surface area contributed by atoms with Crippen LogP contribution in [0.1, 0.15) is 73.8 Å². The van der Waals surface area contributed by atoms with E-state index >= 15 is 0 Å². The van der Waals surface area contributed by atoms with Gasteiger partial charge in [-0.05, 0) is 56.2 Å². The van der Waals surface area contributed by atoms with Crippen LogP contribution >= 0.6 is 0 Å². The summed E-state index contributed by atoms with van der Waals surface area (Å²) in [5.41, 5.74) is 1.25. The first kappa shape index (κ1) is 21.2. The Hall–Kier alpha value is -2.56. The van der Waals surface area contributed by atoms with Gasteiger partial charge in [0.05, 0.1) is 13.2 Å². The molecule has 5 nitrogen and oxygen atoms in total. The van der Waals surface area contributed by atoms with Gasteiger partial charge in [-0.3, -0.25) is 4.79 Å². The lowest BCUT2D eigenvalue weighted by Gasteiger charge is -2.21. The Bertz CT molecular complexity index is 780. The first-order chi connectivity index (χ1) is 14.2. The summed E-state index contributed by atoms with van der Waals surface area (Å²) in [4.78, 5) is 16.3. The van der Waals surface area contributed by atoms with Crippen LogP contribution in [0, 0.1) is 0 Å². The maximum atomic E-state index is 12.4. The number of pyridine rings is 1. The Kier molecular flexibility index (Phi) is 7.91. The Morgan fingerprint density at radius 3 is 2.45 bits per heavy atom. The van der Waals surface area contributed by atoms with Gasteiger partial charge in [0.1, 0.15) is 5.75 Å². The fraction of sp³-hybridized carbons (Fsp3) is 0.500. The van der Waals surface area contributed by atoms with Gasteiger partial charge in [-0.25, -0.2) is 4.98 Å². The normalized spacial score (nSPS) is 15.3. The van der Waals surface area contributed by atoms with Crippen LogP contribution < -0.4 is 9.47 Å². The molecule has 0 amide bonds. The number of aromatic hydroxyl groups is 1. The zero-order valence-corrected chi connectivity index (χ0v) is 17.2. The zero-order chi connectivity index (χ0) is 20.5. The predicted molar refractivity (Wildman–Crippen MR) is 113 cm³/mol. The summed E-state index contributed by atoms with van der Waals surface area (Å²) in [7, 11) is 1.45. The Balaban J connectivity index is 1.47. The van der Waals surface area contributed by atoms with Crippen molar-refractivity contribution in [3.8, 4) is 17.2 Å². The van der Waals surface area contributed by atoms with E-state index < -0.39 is 0 Å². The van der Waals surface area contributed by atoms with Gasteiger partial charge in [0.2, 0.25) is 0 Å². The van der Waals surface area contributed by atoms with Crippen LogP contribution in [0.15, 0.2) is 36.5 Å². The second kappa shape index (κ2) is 10.8. The molecule has 0 aliphatic heterocycles. The summed E-state index contributed by atoms with van der Waals surface area (Å²) in [5.74, 6) is 0.838. The van der Waals surface area contributed by atoms with Crippen LogP contribution in [0.4, 0.5) is 0 Å². The van der Waals surface area contributed by atoms with Gasteiger partial charge in [0.25, 0.3) is 0 Å². The summed E-state index contributed by atoms with van der Waals surface area (Å²) < 4.78 is 11.2. The molecule has 1 N–H and O–H groups in total. The SMILES string of the molecule is COc1ccnc(C(=O)CCCc2ccc(OC3CCCCCCC3)cc2)c1O. The van der Waals surface area contributed by atoms with Crippen molar-refractivity contribution in [2.45, 2.75) is 70.3 Å². The molecule has 1 aliphatic carbocycles. The molecule has 1 aromatic carbocycles. The molecule has 29 heavy (non-hydrogen) atoms.